The van der Waals surface area contributed by atoms with E-state index in [2.05, 4.69) is 41.1 Å². The van der Waals surface area contributed by atoms with E-state index in [4.69, 9.17) is 4.74 Å². The second-order valence-corrected chi connectivity index (χ2v) is 6.78. The lowest BCUT2D eigenvalue weighted by Crippen LogP contribution is -2.48. The van der Waals surface area contributed by atoms with Crippen molar-refractivity contribution in [1.29, 1.82) is 0 Å². The number of nitrogens with one attached hydrogen (secondary N) is 1. The van der Waals surface area contributed by atoms with Gasteiger partial charge in [0.15, 0.2) is 0 Å². The second kappa shape index (κ2) is 7.74. The van der Waals surface area contributed by atoms with Crippen molar-refractivity contribution in [2.24, 2.45) is 0 Å². The Morgan fingerprint density at radius 3 is 2.40 bits per heavy atom. The highest BCUT2D eigenvalue weighted by Gasteiger charge is 2.32. The first-order valence-electron chi connectivity index (χ1n) is 8.82. The maximum atomic E-state index is 12.0. The number of anilines is 2. The van der Waals surface area contributed by atoms with Gasteiger partial charge >= 0.3 is 6.09 Å². The van der Waals surface area contributed by atoms with Gasteiger partial charge in [-0.3, -0.25) is 14.6 Å². The molecule has 2 aliphatic rings. The van der Waals surface area contributed by atoms with Crippen molar-refractivity contribution in [1.82, 2.24) is 10.2 Å². The van der Waals surface area contributed by atoms with Crippen molar-refractivity contribution in [3.05, 3.63) is 24.3 Å². The number of carbonyl (C=O) groups is 2. The highest BCUT2D eigenvalue weighted by atomic mass is 16.6. The van der Waals surface area contributed by atoms with Gasteiger partial charge in [0.1, 0.15) is 6.10 Å². The monoisotopic (exact) mass is 346 g/mol. The fourth-order valence-electron chi connectivity index (χ4n) is 3.36. The summed E-state index contributed by atoms with van der Waals surface area (Å²) in [7, 11) is 0. The summed E-state index contributed by atoms with van der Waals surface area (Å²) in [6.45, 7) is 9.43. The molecule has 136 valence electrons. The first kappa shape index (κ1) is 17.5. The van der Waals surface area contributed by atoms with E-state index in [1.54, 1.807) is 4.90 Å². The van der Waals surface area contributed by atoms with Crippen LogP contribution in [-0.2, 0) is 9.53 Å². The zero-order valence-electron chi connectivity index (χ0n) is 14.9. The van der Waals surface area contributed by atoms with E-state index in [1.807, 2.05) is 12.1 Å². The summed E-state index contributed by atoms with van der Waals surface area (Å²) in [4.78, 5) is 28.8. The second-order valence-electron chi connectivity index (χ2n) is 6.78. The van der Waals surface area contributed by atoms with Crippen LogP contribution in [0.3, 0.4) is 0 Å². The normalized spacial score (nSPS) is 21.6. The molecule has 2 aliphatic heterocycles. The van der Waals surface area contributed by atoms with Gasteiger partial charge in [-0.1, -0.05) is 0 Å². The van der Waals surface area contributed by atoms with E-state index in [9.17, 15) is 9.59 Å². The predicted octanol–water partition coefficient (Wildman–Crippen LogP) is 1.29. The van der Waals surface area contributed by atoms with Gasteiger partial charge in [0.05, 0.1) is 13.1 Å². The third-order valence-corrected chi connectivity index (χ3v) is 4.87. The number of hydrogen-bond donors (Lipinski definition) is 1. The smallest absolute Gasteiger partial charge is 0.414 e. The van der Waals surface area contributed by atoms with Crippen LogP contribution < -0.4 is 15.1 Å². The van der Waals surface area contributed by atoms with Crippen molar-refractivity contribution < 1.29 is 14.3 Å². The summed E-state index contributed by atoms with van der Waals surface area (Å²) in [5.41, 5.74) is 2.00. The maximum Gasteiger partial charge on any atom is 0.414 e. The number of cyclic esters (lactones) is 1. The van der Waals surface area contributed by atoms with Gasteiger partial charge in [0.25, 0.3) is 0 Å². The quantitative estimate of drug-likeness (QED) is 0.787. The molecule has 1 N–H and O–H groups in total. The minimum Gasteiger partial charge on any atom is -0.442 e. The Balaban J connectivity index is 1.59. The largest absolute Gasteiger partial charge is 0.442 e. The van der Waals surface area contributed by atoms with Crippen LogP contribution in [0.1, 0.15) is 13.8 Å². The van der Waals surface area contributed by atoms with Gasteiger partial charge in [-0.2, -0.15) is 0 Å². The number of carbonyl (C=O) groups excluding carboxylic acids is 2. The van der Waals surface area contributed by atoms with Crippen molar-refractivity contribution in [3.63, 3.8) is 0 Å². The number of hydrogen-bond acceptors (Lipinski definition) is 5. The number of ether oxygens (including phenoxy) is 1. The molecule has 0 aromatic heterocycles. The molecule has 7 nitrogen and oxygen atoms in total. The van der Waals surface area contributed by atoms with Crippen LogP contribution in [-0.4, -0.2) is 68.8 Å². The molecule has 0 spiro atoms. The first-order chi connectivity index (χ1) is 12.1. The Labute approximate surface area is 148 Å². The summed E-state index contributed by atoms with van der Waals surface area (Å²) < 4.78 is 5.26. The topological polar surface area (TPSA) is 65.1 Å². The van der Waals surface area contributed by atoms with Crippen molar-refractivity contribution in [2.45, 2.75) is 26.0 Å². The van der Waals surface area contributed by atoms with E-state index < -0.39 is 0 Å². The van der Waals surface area contributed by atoms with Crippen LogP contribution in [0.25, 0.3) is 0 Å². The van der Waals surface area contributed by atoms with Gasteiger partial charge in [0, 0.05) is 43.6 Å². The molecule has 2 heterocycles. The Bertz CT molecular complexity index is 597. The Hall–Kier alpha value is -2.28. The molecule has 1 aromatic rings. The van der Waals surface area contributed by atoms with E-state index in [0.29, 0.717) is 25.5 Å². The highest BCUT2D eigenvalue weighted by Crippen LogP contribution is 2.25. The van der Waals surface area contributed by atoms with Gasteiger partial charge in [-0.15, -0.1) is 0 Å². The zero-order valence-corrected chi connectivity index (χ0v) is 14.9. The van der Waals surface area contributed by atoms with Crippen LogP contribution in [0.5, 0.6) is 0 Å². The third kappa shape index (κ3) is 4.04. The van der Waals surface area contributed by atoms with Crippen molar-refractivity contribution in [3.8, 4) is 0 Å². The molecular formula is C18H26N4O3. The Morgan fingerprint density at radius 2 is 1.80 bits per heavy atom. The predicted molar refractivity (Wildman–Crippen MR) is 97.0 cm³/mol. The minimum atomic E-state index is -0.365. The average molecular weight is 346 g/mol. The number of piperazine rings is 1. The average Bonchev–Trinajstić information content (AvgIpc) is 3.01. The lowest BCUT2D eigenvalue weighted by molar-refractivity contribution is -0.109. The number of amides is 2. The minimum absolute atomic E-state index is 0.304. The summed E-state index contributed by atoms with van der Waals surface area (Å²) in [5.74, 6) is 0. The summed E-state index contributed by atoms with van der Waals surface area (Å²) in [5, 5.41) is 2.55. The highest BCUT2D eigenvalue weighted by molar-refractivity contribution is 5.90. The van der Waals surface area contributed by atoms with Gasteiger partial charge in [0.2, 0.25) is 6.41 Å². The van der Waals surface area contributed by atoms with Crippen molar-refractivity contribution in [2.75, 3.05) is 49.1 Å². The van der Waals surface area contributed by atoms with Crippen LogP contribution in [0.15, 0.2) is 24.3 Å². The molecule has 2 amide bonds. The maximum absolute atomic E-state index is 12.0. The van der Waals surface area contributed by atoms with Crippen LogP contribution in [0.4, 0.5) is 16.2 Å². The number of rotatable bonds is 6. The SMILES string of the molecule is CC(C)N1CCN(c2ccc(N3CC(CNC=O)OC3=O)cc2)CC1. The van der Waals surface area contributed by atoms with Crippen LogP contribution >= 0.6 is 0 Å². The third-order valence-electron chi connectivity index (χ3n) is 4.87. The lowest BCUT2D eigenvalue weighted by atomic mass is 10.2. The zero-order chi connectivity index (χ0) is 17.8. The molecule has 1 aromatic carbocycles. The van der Waals surface area contributed by atoms with E-state index >= 15 is 0 Å². The Kier molecular flexibility index (Phi) is 5.43. The number of nitrogens with zero attached hydrogens (tertiary/aromatic N) is 3. The molecule has 2 fully saturated rings. The molecular weight excluding hydrogens is 320 g/mol. The summed E-state index contributed by atoms with van der Waals surface area (Å²) >= 11 is 0. The summed E-state index contributed by atoms with van der Waals surface area (Å²) in [6.07, 6.45) is -0.0536. The van der Waals surface area contributed by atoms with E-state index in [0.717, 1.165) is 31.9 Å². The Morgan fingerprint density at radius 1 is 1.16 bits per heavy atom. The number of benzene rings is 1. The first-order valence-corrected chi connectivity index (χ1v) is 8.82. The molecule has 7 heteroatoms. The van der Waals surface area contributed by atoms with Crippen LogP contribution in [0, 0.1) is 0 Å². The molecule has 0 radical (unpaired) electrons. The fourth-order valence-corrected chi connectivity index (χ4v) is 3.36. The molecule has 1 unspecified atom stereocenters. The molecule has 3 rings (SSSR count). The van der Waals surface area contributed by atoms with Gasteiger partial charge in [-0.25, -0.2) is 4.79 Å². The molecule has 0 bridgehead atoms. The fraction of sp³-hybridized carbons (Fsp3) is 0.556. The standard InChI is InChI=1S/C18H26N4O3/c1-14(2)20-7-9-21(10-8-20)15-3-5-16(6-4-15)22-12-17(11-19-13-23)25-18(22)24/h3-6,13-14,17H,7-12H2,1-2H3,(H,19,23). The van der Waals surface area contributed by atoms with Gasteiger partial charge in [-0.05, 0) is 38.1 Å². The van der Waals surface area contributed by atoms with Crippen molar-refractivity contribution >= 4 is 23.9 Å². The molecule has 0 aliphatic carbocycles. The molecule has 0 saturated carbocycles. The van der Waals surface area contributed by atoms with Crippen LogP contribution in [0.2, 0.25) is 0 Å². The molecule has 25 heavy (non-hydrogen) atoms. The van der Waals surface area contributed by atoms with Gasteiger partial charge < -0.3 is 15.0 Å². The molecule has 2 saturated heterocycles. The van der Waals surface area contributed by atoms with E-state index in [-0.39, 0.29) is 12.2 Å². The molecule has 1 atom stereocenters. The lowest BCUT2D eigenvalue weighted by Gasteiger charge is -2.38. The van der Waals surface area contributed by atoms with E-state index in [1.165, 1.54) is 5.69 Å². The summed E-state index contributed by atoms with van der Waals surface area (Å²) in [6, 6.07) is 8.63.